The third-order valence-electron chi connectivity index (χ3n) is 3.10. The Hall–Kier alpha value is -1.32. The van der Waals surface area contributed by atoms with Crippen LogP contribution < -0.4 is 5.32 Å². The van der Waals surface area contributed by atoms with E-state index in [4.69, 9.17) is 4.42 Å². The van der Waals surface area contributed by atoms with Crippen molar-refractivity contribution in [2.45, 2.75) is 20.8 Å². The first kappa shape index (κ1) is 16.1. The van der Waals surface area contributed by atoms with Gasteiger partial charge in [-0.25, -0.2) is 0 Å². The van der Waals surface area contributed by atoms with Crippen LogP contribution >= 0.6 is 15.9 Å². The van der Waals surface area contributed by atoms with E-state index in [1.807, 2.05) is 36.4 Å². The Morgan fingerprint density at radius 1 is 1.19 bits per heavy atom. The Morgan fingerprint density at radius 2 is 1.90 bits per heavy atom. The van der Waals surface area contributed by atoms with Crippen molar-refractivity contribution in [2.24, 2.45) is 5.92 Å². The second kappa shape index (κ2) is 7.62. The Balaban J connectivity index is 2.00. The molecule has 2 rings (SSSR count). The van der Waals surface area contributed by atoms with Crippen molar-refractivity contribution < 1.29 is 4.42 Å². The molecule has 21 heavy (non-hydrogen) atoms. The number of furan rings is 1. The molecule has 0 fully saturated rings. The molecule has 0 aliphatic carbocycles. The largest absolute Gasteiger partial charge is 0.457 e. The zero-order valence-corrected chi connectivity index (χ0v) is 14.4. The van der Waals surface area contributed by atoms with E-state index in [-0.39, 0.29) is 0 Å². The monoisotopic (exact) mass is 347 g/mol. The predicted molar refractivity (Wildman–Crippen MR) is 93.2 cm³/mol. The molecule has 2 aromatic rings. The van der Waals surface area contributed by atoms with E-state index in [2.05, 4.69) is 48.1 Å². The fourth-order valence-corrected chi connectivity index (χ4v) is 2.32. The number of hydrogen-bond acceptors (Lipinski definition) is 2. The molecular weight excluding hydrogens is 326 g/mol. The van der Waals surface area contributed by atoms with Gasteiger partial charge in [-0.15, -0.1) is 0 Å². The van der Waals surface area contributed by atoms with E-state index in [1.165, 1.54) is 5.57 Å². The molecule has 0 spiro atoms. The van der Waals surface area contributed by atoms with Gasteiger partial charge in [0.25, 0.3) is 0 Å². The lowest BCUT2D eigenvalue weighted by Crippen LogP contribution is -2.21. The van der Waals surface area contributed by atoms with E-state index >= 15 is 0 Å². The highest BCUT2D eigenvalue weighted by atomic mass is 79.9. The quantitative estimate of drug-likeness (QED) is 0.760. The number of nitrogens with one attached hydrogen (secondary N) is 1. The van der Waals surface area contributed by atoms with Crippen LogP contribution in [0.4, 0.5) is 0 Å². The standard InChI is InChI=1S/C18H22BrNO/c1-13(2)11-20-12-14(3)10-17-8-9-18(21-17)15-4-6-16(19)7-5-15/h4-10,13,20H,11-12H2,1-3H3. The summed E-state index contributed by atoms with van der Waals surface area (Å²) in [4.78, 5) is 0. The molecule has 0 unspecified atom stereocenters. The summed E-state index contributed by atoms with van der Waals surface area (Å²) in [7, 11) is 0. The van der Waals surface area contributed by atoms with E-state index in [0.29, 0.717) is 5.92 Å². The van der Waals surface area contributed by atoms with E-state index in [0.717, 1.165) is 34.6 Å². The molecule has 0 saturated heterocycles. The molecular formula is C18H22BrNO. The first-order valence-corrected chi connectivity index (χ1v) is 8.07. The molecule has 0 bridgehead atoms. The highest BCUT2D eigenvalue weighted by Gasteiger charge is 2.03. The van der Waals surface area contributed by atoms with Gasteiger partial charge < -0.3 is 9.73 Å². The van der Waals surface area contributed by atoms with Gasteiger partial charge in [-0.2, -0.15) is 0 Å². The number of rotatable bonds is 6. The molecule has 0 radical (unpaired) electrons. The summed E-state index contributed by atoms with van der Waals surface area (Å²) < 4.78 is 6.96. The van der Waals surface area contributed by atoms with Crippen LogP contribution in [0.25, 0.3) is 17.4 Å². The van der Waals surface area contributed by atoms with Crippen molar-refractivity contribution in [1.82, 2.24) is 5.32 Å². The van der Waals surface area contributed by atoms with Crippen LogP contribution in [0.5, 0.6) is 0 Å². The fourth-order valence-electron chi connectivity index (χ4n) is 2.05. The van der Waals surface area contributed by atoms with Crippen molar-refractivity contribution in [3.63, 3.8) is 0 Å². The van der Waals surface area contributed by atoms with Gasteiger partial charge in [-0.1, -0.05) is 47.5 Å². The molecule has 112 valence electrons. The van der Waals surface area contributed by atoms with Crippen LogP contribution in [-0.2, 0) is 0 Å². The number of benzene rings is 1. The summed E-state index contributed by atoms with van der Waals surface area (Å²) in [6, 6.07) is 12.2. The molecule has 0 aliphatic rings. The third kappa shape index (κ3) is 5.18. The summed E-state index contributed by atoms with van der Waals surface area (Å²) in [5, 5.41) is 3.43. The zero-order valence-electron chi connectivity index (χ0n) is 12.8. The first-order chi connectivity index (χ1) is 10.0. The molecule has 0 aliphatic heterocycles. The SMILES string of the molecule is CC(=Cc1ccc(-c2ccc(Br)cc2)o1)CNCC(C)C. The highest BCUT2D eigenvalue weighted by Crippen LogP contribution is 2.24. The molecule has 1 aromatic heterocycles. The van der Waals surface area contributed by atoms with Gasteiger partial charge in [-0.3, -0.25) is 0 Å². The molecule has 3 heteroatoms. The lowest BCUT2D eigenvalue weighted by molar-refractivity contribution is 0.565. The summed E-state index contributed by atoms with van der Waals surface area (Å²) in [5.74, 6) is 2.47. The molecule has 0 saturated carbocycles. The van der Waals surface area contributed by atoms with Gasteiger partial charge in [-0.05, 0) is 49.7 Å². The second-order valence-corrected chi connectivity index (χ2v) is 6.64. The van der Waals surface area contributed by atoms with Gasteiger partial charge in [0.05, 0.1) is 0 Å². The highest BCUT2D eigenvalue weighted by molar-refractivity contribution is 9.10. The topological polar surface area (TPSA) is 25.2 Å². The van der Waals surface area contributed by atoms with Gasteiger partial charge in [0.2, 0.25) is 0 Å². The average molecular weight is 348 g/mol. The van der Waals surface area contributed by atoms with Crippen LogP contribution in [0.1, 0.15) is 26.5 Å². The molecule has 0 amide bonds. The van der Waals surface area contributed by atoms with Gasteiger partial charge in [0.1, 0.15) is 11.5 Å². The fraction of sp³-hybridized carbons (Fsp3) is 0.333. The molecule has 1 aromatic carbocycles. The van der Waals surface area contributed by atoms with Crippen molar-refractivity contribution >= 4 is 22.0 Å². The van der Waals surface area contributed by atoms with Crippen LogP contribution in [0.3, 0.4) is 0 Å². The minimum atomic E-state index is 0.672. The Morgan fingerprint density at radius 3 is 2.57 bits per heavy atom. The Kier molecular flexibility index (Phi) is 5.83. The lowest BCUT2D eigenvalue weighted by Gasteiger charge is -2.06. The van der Waals surface area contributed by atoms with Crippen LogP contribution in [0, 0.1) is 5.92 Å². The van der Waals surface area contributed by atoms with E-state index < -0.39 is 0 Å². The van der Waals surface area contributed by atoms with Crippen LogP contribution in [0.2, 0.25) is 0 Å². The van der Waals surface area contributed by atoms with Crippen molar-refractivity contribution in [1.29, 1.82) is 0 Å². The lowest BCUT2D eigenvalue weighted by atomic mass is 10.2. The van der Waals surface area contributed by atoms with Gasteiger partial charge in [0.15, 0.2) is 0 Å². The van der Waals surface area contributed by atoms with Crippen molar-refractivity contribution in [3.05, 3.63) is 52.2 Å². The summed E-state index contributed by atoms with van der Waals surface area (Å²) >= 11 is 3.44. The summed E-state index contributed by atoms with van der Waals surface area (Å²) in [5.41, 5.74) is 2.36. The average Bonchev–Trinajstić information content (AvgIpc) is 2.87. The smallest absolute Gasteiger partial charge is 0.134 e. The molecule has 0 atom stereocenters. The summed E-state index contributed by atoms with van der Waals surface area (Å²) in [6.07, 6.45) is 2.09. The maximum absolute atomic E-state index is 5.89. The van der Waals surface area contributed by atoms with Crippen molar-refractivity contribution in [3.8, 4) is 11.3 Å². The second-order valence-electron chi connectivity index (χ2n) is 5.72. The van der Waals surface area contributed by atoms with E-state index in [1.54, 1.807) is 0 Å². The minimum absolute atomic E-state index is 0.672. The third-order valence-corrected chi connectivity index (χ3v) is 3.63. The molecule has 1 heterocycles. The zero-order chi connectivity index (χ0) is 15.2. The first-order valence-electron chi connectivity index (χ1n) is 7.28. The van der Waals surface area contributed by atoms with E-state index in [9.17, 15) is 0 Å². The predicted octanol–water partition coefficient (Wildman–Crippen LogP) is 5.36. The molecule has 2 nitrogen and oxygen atoms in total. The maximum atomic E-state index is 5.89. The van der Waals surface area contributed by atoms with Crippen LogP contribution in [0.15, 0.2) is 50.9 Å². The van der Waals surface area contributed by atoms with Gasteiger partial charge in [0, 0.05) is 16.6 Å². The van der Waals surface area contributed by atoms with Gasteiger partial charge >= 0.3 is 0 Å². The summed E-state index contributed by atoms with van der Waals surface area (Å²) in [6.45, 7) is 8.47. The normalized spacial score (nSPS) is 12.1. The number of hydrogen-bond donors (Lipinski definition) is 1. The Bertz CT molecular complexity index is 596. The molecule has 1 N–H and O–H groups in total. The maximum Gasteiger partial charge on any atom is 0.134 e. The van der Waals surface area contributed by atoms with Crippen molar-refractivity contribution in [2.75, 3.05) is 13.1 Å². The Labute approximate surface area is 135 Å². The van der Waals surface area contributed by atoms with Crippen LogP contribution in [-0.4, -0.2) is 13.1 Å². The number of halogens is 1. The minimum Gasteiger partial charge on any atom is -0.457 e.